The van der Waals surface area contributed by atoms with Crippen LogP contribution in [0.3, 0.4) is 0 Å². The summed E-state index contributed by atoms with van der Waals surface area (Å²) < 4.78 is 5.63. The second-order valence-electron chi connectivity index (χ2n) is 12.9. The fraction of sp³-hybridized carbons (Fsp3) is 0.486. The van der Waals surface area contributed by atoms with Crippen LogP contribution >= 0.6 is 0 Å². The molecule has 1 unspecified atom stereocenters. The number of likely N-dealkylation sites (tertiary alicyclic amines) is 1. The first-order valence-electron chi connectivity index (χ1n) is 15.9. The molecule has 5 N–H and O–H groups in total. The number of ether oxygens (including phenoxy) is 1. The zero-order chi connectivity index (χ0) is 32.6. The van der Waals surface area contributed by atoms with Gasteiger partial charge in [-0.15, -0.1) is 0 Å². The minimum absolute atomic E-state index is 0.118. The van der Waals surface area contributed by atoms with Crippen LogP contribution in [-0.4, -0.2) is 70.9 Å². The Balaban J connectivity index is 1.57. The molecule has 0 spiro atoms. The number of aromatic amines is 1. The third-order valence-electron chi connectivity index (χ3n) is 8.25. The standard InChI is InChI=1S/C35H47N5O5/c1-23(27-21-37-28-17-9-8-16-26(27)28)30(32(42)38-29(18-10-11-19-36)34(44)45-35(2,3)4)39-31(41)25-15-12-20-40(22-25)33(43)24-13-6-5-7-14-24/h5-9,13-14,16-17,21,23,25,29-30,37H,10-12,15,18-20,22,36H2,1-4H3,(H,38,42)(H,39,41)/t23-,25?,29-,30-/m0/s1. The second kappa shape index (κ2) is 15.2. The fourth-order valence-electron chi connectivity index (χ4n) is 5.85. The molecule has 1 aromatic heterocycles. The molecule has 3 aromatic rings. The van der Waals surface area contributed by atoms with Gasteiger partial charge in [0, 0.05) is 41.7 Å². The molecule has 1 fully saturated rings. The zero-order valence-corrected chi connectivity index (χ0v) is 26.8. The normalized spacial score (nSPS) is 17.3. The van der Waals surface area contributed by atoms with Crippen molar-refractivity contribution in [2.75, 3.05) is 19.6 Å². The molecule has 242 valence electrons. The SMILES string of the molecule is C[C@@H](c1c[nH]c2ccccc12)[C@H](NC(=O)C1CCCN(C(=O)c2ccccc2)C1)C(=O)N[C@@H](CCCCN)C(=O)OC(C)(C)C. The second-order valence-corrected chi connectivity index (χ2v) is 12.9. The first kappa shape index (κ1) is 33.7. The number of benzene rings is 2. The van der Waals surface area contributed by atoms with Crippen LogP contribution in [0.2, 0.25) is 0 Å². The van der Waals surface area contributed by atoms with E-state index in [-0.39, 0.29) is 18.4 Å². The molecule has 2 heterocycles. The number of H-pyrrole nitrogens is 1. The number of carbonyl (C=O) groups is 4. The van der Waals surface area contributed by atoms with Crippen molar-refractivity contribution < 1.29 is 23.9 Å². The first-order valence-corrected chi connectivity index (χ1v) is 15.9. The Morgan fingerprint density at radius 2 is 1.73 bits per heavy atom. The minimum Gasteiger partial charge on any atom is -0.458 e. The minimum atomic E-state index is -0.989. The summed E-state index contributed by atoms with van der Waals surface area (Å²) in [5.41, 5.74) is 7.32. The zero-order valence-electron chi connectivity index (χ0n) is 26.8. The van der Waals surface area contributed by atoms with Gasteiger partial charge in [-0.2, -0.15) is 0 Å². The lowest BCUT2D eigenvalue weighted by Gasteiger charge is -2.34. The summed E-state index contributed by atoms with van der Waals surface area (Å²) in [7, 11) is 0. The summed E-state index contributed by atoms with van der Waals surface area (Å²) in [4.78, 5) is 59.2. The molecule has 0 saturated carbocycles. The summed E-state index contributed by atoms with van der Waals surface area (Å²) in [5, 5.41) is 6.87. The highest BCUT2D eigenvalue weighted by Gasteiger charge is 2.36. The quantitative estimate of drug-likeness (QED) is 0.176. The number of nitrogens with two attached hydrogens (primary N) is 1. The highest BCUT2D eigenvalue weighted by Crippen LogP contribution is 2.29. The summed E-state index contributed by atoms with van der Waals surface area (Å²) >= 11 is 0. The highest BCUT2D eigenvalue weighted by atomic mass is 16.6. The Kier molecular flexibility index (Phi) is 11.4. The molecular formula is C35H47N5O5. The summed E-state index contributed by atoms with van der Waals surface area (Å²) in [5.74, 6) is -2.35. The van der Waals surface area contributed by atoms with E-state index in [2.05, 4.69) is 15.6 Å². The van der Waals surface area contributed by atoms with E-state index in [0.29, 0.717) is 50.8 Å². The third kappa shape index (κ3) is 8.94. The molecular weight excluding hydrogens is 570 g/mol. The number of nitrogens with zero attached hydrogens (tertiary/aromatic N) is 1. The molecule has 0 bridgehead atoms. The Morgan fingerprint density at radius 3 is 2.44 bits per heavy atom. The van der Waals surface area contributed by atoms with E-state index < -0.39 is 41.4 Å². The number of unbranched alkanes of at least 4 members (excludes halogenated alkanes) is 1. The summed E-state index contributed by atoms with van der Waals surface area (Å²) in [6.07, 6.45) is 4.81. The van der Waals surface area contributed by atoms with Crippen molar-refractivity contribution in [2.45, 2.75) is 83.4 Å². The van der Waals surface area contributed by atoms with Crippen LogP contribution in [0.5, 0.6) is 0 Å². The predicted molar refractivity (Wildman–Crippen MR) is 174 cm³/mol. The Morgan fingerprint density at radius 1 is 1.02 bits per heavy atom. The average molecular weight is 618 g/mol. The molecule has 4 atom stereocenters. The molecule has 45 heavy (non-hydrogen) atoms. The van der Waals surface area contributed by atoms with Gasteiger partial charge >= 0.3 is 5.97 Å². The van der Waals surface area contributed by atoms with E-state index in [1.807, 2.05) is 55.6 Å². The van der Waals surface area contributed by atoms with Gasteiger partial charge in [0.25, 0.3) is 5.91 Å². The third-order valence-corrected chi connectivity index (χ3v) is 8.25. The first-order chi connectivity index (χ1) is 21.5. The molecule has 4 rings (SSSR count). The van der Waals surface area contributed by atoms with Crippen LogP contribution in [-0.2, 0) is 19.1 Å². The van der Waals surface area contributed by atoms with Crippen LogP contribution < -0.4 is 16.4 Å². The maximum absolute atomic E-state index is 14.1. The number of hydrogen-bond donors (Lipinski definition) is 4. The van der Waals surface area contributed by atoms with Gasteiger partial charge in [-0.3, -0.25) is 14.4 Å². The van der Waals surface area contributed by atoms with Crippen LogP contribution in [0.1, 0.15) is 81.6 Å². The van der Waals surface area contributed by atoms with Gasteiger partial charge in [-0.05, 0) is 83.2 Å². The molecule has 1 aliphatic rings. The van der Waals surface area contributed by atoms with E-state index in [9.17, 15) is 19.2 Å². The average Bonchev–Trinajstić information content (AvgIpc) is 3.46. The molecule has 2 aromatic carbocycles. The van der Waals surface area contributed by atoms with Crippen molar-refractivity contribution in [1.82, 2.24) is 20.5 Å². The maximum Gasteiger partial charge on any atom is 0.329 e. The molecule has 0 aliphatic carbocycles. The molecule has 3 amide bonds. The Hall–Kier alpha value is -4.18. The van der Waals surface area contributed by atoms with Gasteiger partial charge in [0.1, 0.15) is 17.7 Å². The number of amides is 3. The van der Waals surface area contributed by atoms with Crippen molar-refractivity contribution in [2.24, 2.45) is 11.7 Å². The van der Waals surface area contributed by atoms with Gasteiger partial charge in [-0.25, -0.2) is 4.79 Å². The number of piperidine rings is 1. The fourth-order valence-corrected chi connectivity index (χ4v) is 5.85. The van der Waals surface area contributed by atoms with E-state index in [1.165, 1.54) is 0 Å². The van der Waals surface area contributed by atoms with Crippen LogP contribution in [0.15, 0.2) is 60.8 Å². The smallest absolute Gasteiger partial charge is 0.329 e. The van der Waals surface area contributed by atoms with Crippen molar-refractivity contribution in [3.05, 3.63) is 71.9 Å². The van der Waals surface area contributed by atoms with Gasteiger partial charge < -0.3 is 31.0 Å². The number of aromatic nitrogens is 1. The molecule has 10 heteroatoms. The van der Waals surface area contributed by atoms with E-state index in [4.69, 9.17) is 10.5 Å². The molecule has 1 saturated heterocycles. The highest BCUT2D eigenvalue weighted by molar-refractivity contribution is 5.96. The van der Waals surface area contributed by atoms with Gasteiger partial charge in [0.2, 0.25) is 11.8 Å². The summed E-state index contributed by atoms with van der Waals surface area (Å²) in [6, 6.07) is 14.9. The van der Waals surface area contributed by atoms with Gasteiger partial charge in [0.15, 0.2) is 0 Å². The van der Waals surface area contributed by atoms with Crippen molar-refractivity contribution >= 4 is 34.6 Å². The maximum atomic E-state index is 14.1. The van der Waals surface area contributed by atoms with Crippen molar-refractivity contribution in [1.29, 1.82) is 0 Å². The monoisotopic (exact) mass is 617 g/mol. The van der Waals surface area contributed by atoms with E-state index in [1.54, 1.807) is 37.8 Å². The lowest BCUT2D eigenvalue weighted by molar-refractivity contribution is -0.159. The van der Waals surface area contributed by atoms with Crippen LogP contribution in [0.25, 0.3) is 10.9 Å². The number of nitrogens with one attached hydrogen (secondary N) is 3. The van der Waals surface area contributed by atoms with Gasteiger partial charge in [0.05, 0.1) is 5.92 Å². The lowest BCUT2D eigenvalue weighted by Crippen LogP contribution is -2.56. The largest absolute Gasteiger partial charge is 0.458 e. The van der Waals surface area contributed by atoms with E-state index >= 15 is 0 Å². The Bertz CT molecular complexity index is 1460. The molecule has 0 radical (unpaired) electrons. The number of fused-ring (bicyclic) bond motifs is 1. The van der Waals surface area contributed by atoms with E-state index in [0.717, 1.165) is 16.5 Å². The topological polar surface area (TPSA) is 147 Å². The lowest BCUT2D eigenvalue weighted by atomic mass is 9.90. The molecule has 1 aliphatic heterocycles. The predicted octanol–water partition coefficient (Wildman–Crippen LogP) is 4.26. The van der Waals surface area contributed by atoms with Gasteiger partial charge in [-0.1, -0.05) is 43.3 Å². The Labute approximate surface area is 265 Å². The number of rotatable bonds is 12. The number of para-hydroxylation sites is 1. The van der Waals surface area contributed by atoms with Crippen LogP contribution in [0.4, 0.5) is 0 Å². The van der Waals surface area contributed by atoms with Crippen molar-refractivity contribution in [3.8, 4) is 0 Å². The summed E-state index contributed by atoms with van der Waals surface area (Å²) in [6.45, 7) is 8.52. The van der Waals surface area contributed by atoms with Crippen LogP contribution in [0, 0.1) is 5.92 Å². The van der Waals surface area contributed by atoms with Crippen molar-refractivity contribution in [3.63, 3.8) is 0 Å². The number of esters is 1. The molecule has 10 nitrogen and oxygen atoms in total. The number of carbonyl (C=O) groups excluding carboxylic acids is 4. The number of hydrogen-bond acceptors (Lipinski definition) is 6.